The lowest BCUT2D eigenvalue weighted by Gasteiger charge is -2.09. The SMILES string of the molecule is c1ccc(-c2cccpc2-c2ccccc2)cc1. The van der Waals surface area contributed by atoms with Crippen LogP contribution in [0.1, 0.15) is 0 Å². The van der Waals surface area contributed by atoms with E-state index >= 15 is 0 Å². The van der Waals surface area contributed by atoms with Crippen LogP contribution >= 0.6 is 8.19 Å². The van der Waals surface area contributed by atoms with Crippen molar-refractivity contribution in [2.75, 3.05) is 0 Å². The fourth-order valence-corrected chi connectivity index (χ4v) is 3.04. The molecule has 3 aromatic rings. The van der Waals surface area contributed by atoms with Crippen LogP contribution in [0, 0.1) is 0 Å². The highest BCUT2D eigenvalue weighted by Gasteiger charge is 2.05. The Morgan fingerprint density at radius 2 is 1.17 bits per heavy atom. The Balaban J connectivity index is 2.18. The van der Waals surface area contributed by atoms with E-state index in [4.69, 9.17) is 0 Å². The van der Waals surface area contributed by atoms with Crippen molar-refractivity contribution in [3.63, 3.8) is 0 Å². The van der Waals surface area contributed by atoms with Gasteiger partial charge in [-0.05, 0) is 22.5 Å². The van der Waals surface area contributed by atoms with Gasteiger partial charge in [0.2, 0.25) is 0 Å². The standard InChI is InChI=1S/C17H13P/c1-3-8-14(9-4-1)16-12-7-13-18-17(16)15-10-5-2-6-11-15/h1-13H. The van der Waals surface area contributed by atoms with Gasteiger partial charge in [-0.1, -0.05) is 81.0 Å². The first kappa shape index (κ1) is 11.2. The maximum atomic E-state index is 2.20. The molecule has 1 aromatic heterocycles. The van der Waals surface area contributed by atoms with Crippen molar-refractivity contribution in [2.45, 2.75) is 0 Å². The van der Waals surface area contributed by atoms with Gasteiger partial charge >= 0.3 is 0 Å². The van der Waals surface area contributed by atoms with Gasteiger partial charge in [0.25, 0.3) is 0 Å². The molecule has 3 rings (SSSR count). The molecule has 0 bridgehead atoms. The quantitative estimate of drug-likeness (QED) is 0.553. The second-order valence-corrected chi connectivity index (χ2v) is 5.14. The Labute approximate surface area is 109 Å². The minimum atomic E-state index is 1.27. The van der Waals surface area contributed by atoms with Crippen LogP contribution in [0.2, 0.25) is 0 Å². The van der Waals surface area contributed by atoms with Gasteiger partial charge < -0.3 is 0 Å². The molecule has 0 aliphatic heterocycles. The highest BCUT2D eigenvalue weighted by atomic mass is 31.0. The molecule has 0 spiro atoms. The number of hydrogen-bond acceptors (Lipinski definition) is 0. The molecule has 18 heavy (non-hydrogen) atoms. The van der Waals surface area contributed by atoms with Gasteiger partial charge in [0.15, 0.2) is 0 Å². The summed E-state index contributed by atoms with van der Waals surface area (Å²) < 4.78 is 0. The van der Waals surface area contributed by atoms with Crippen LogP contribution in [-0.2, 0) is 0 Å². The molecule has 86 valence electrons. The van der Waals surface area contributed by atoms with Crippen LogP contribution < -0.4 is 0 Å². The van der Waals surface area contributed by atoms with Crippen molar-refractivity contribution < 1.29 is 0 Å². The normalized spacial score (nSPS) is 10.7. The van der Waals surface area contributed by atoms with Gasteiger partial charge in [0.1, 0.15) is 0 Å². The monoisotopic (exact) mass is 248 g/mol. The lowest BCUT2D eigenvalue weighted by molar-refractivity contribution is 1.63. The van der Waals surface area contributed by atoms with E-state index in [0.717, 1.165) is 0 Å². The second kappa shape index (κ2) is 5.16. The van der Waals surface area contributed by atoms with E-state index < -0.39 is 0 Å². The Kier molecular flexibility index (Phi) is 3.21. The zero-order valence-electron chi connectivity index (χ0n) is 9.95. The molecule has 0 saturated carbocycles. The zero-order valence-corrected chi connectivity index (χ0v) is 10.8. The summed E-state index contributed by atoms with van der Waals surface area (Å²) in [6.45, 7) is 0. The molecule has 1 heteroatoms. The molecule has 0 nitrogen and oxygen atoms in total. The minimum Gasteiger partial charge on any atom is -0.0672 e. The van der Waals surface area contributed by atoms with Crippen LogP contribution in [0.25, 0.3) is 22.0 Å². The fraction of sp³-hybridized carbons (Fsp3) is 0. The summed E-state index contributed by atoms with van der Waals surface area (Å²) in [5.74, 6) is 2.19. The zero-order chi connectivity index (χ0) is 12.2. The highest BCUT2D eigenvalue weighted by Crippen LogP contribution is 2.37. The topological polar surface area (TPSA) is 0 Å². The average Bonchev–Trinajstić information content (AvgIpc) is 2.49. The molecule has 0 atom stereocenters. The van der Waals surface area contributed by atoms with Crippen LogP contribution in [0.3, 0.4) is 0 Å². The summed E-state index contributed by atoms with van der Waals surface area (Å²) in [7, 11) is 1.27. The minimum absolute atomic E-state index is 1.27. The third-order valence-corrected chi connectivity index (χ3v) is 4.02. The smallest absolute Gasteiger partial charge is 0.0169 e. The summed E-state index contributed by atoms with van der Waals surface area (Å²) in [5, 5.41) is 1.38. The third kappa shape index (κ3) is 2.20. The number of hydrogen-bond donors (Lipinski definition) is 0. The molecule has 0 unspecified atom stereocenters. The van der Waals surface area contributed by atoms with Gasteiger partial charge in [0.05, 0.1) is 0 Å². The molecule has 0 fully saturated rings. The van der Waals surface area contributed by atoms with Gasteiger partial charge in [-0.2, -0.15) is 0 Å². The third-order valence-electron chi connectivity index (χ3n) is 2.94. The van der Waals surface area contributed by atoms with E-state index in [0.29, 0.717) is 0 Å². The van der Waals surface area contributed by atoms with Crippen molar-refractivity contribution in [3.05, 3.63) is 78.6 Å². The molecule has 0 saturated heterocycles. The van der Waals surface area contributed by atoms with Gasteiger partial charge in [-0.15, -0.1) is 0 Å². The molecule has 0 aliphatic rings. The molecule has 0 amide bonds. The summed E-state index contributed by atoms with van der Waals surface area (Å²) >= 11 is 0. The molecular weight excluding hydrogens is 235 g/mol. The Morgan fingerprint density at radius 3 is 1.83 bits per heavy atom. The van der Waals surface area contributed by atoms with Crippen molar-refractivity contribution >= 4 is 8.19 Å². The maximum absolute atomic E-state index is 2.20. The van der Waals surface area contributed by atoms with Crippen LogP contribution in [-0.4, -0.2) is 0 Å². The molecule has 0 radical (unpaired) electrons. The summed E-state index contributed by atoms with van der Waals surface area (Å²) in [6, 6.07) is 25.5. The van der Waals surface area contributed by atoms with Crippen molar-refractivity contribution in [3.8, 4) is 22.0 Å². The first-order chi connectivity index (χ1) is 8.95. The number of benzene rings is 2. The highest BCUT2D eigenvalue weighted by molar-refractivity contribution is 7.33. The van der Waals surface area contributed by atoms with E-state index in [1.54, 1.807) is 0 Å². The first-order valence-electron chi connectivity index (χ1n) is 6.01. The predicted octanol–water partition coefficient (Wildman–Crippen LogP) is 5.60. The lowest BCUT2D eigenvalue weighted by atomic mass is 10.0. The van der Waals surface area contributed by atoms with E-state index in [1.165, 1.54) is 30.2 Å². The summed E-state index contributed by atoms with van der Waals surface area (Å²) in [6.07, 6.45) is 0. The average molecular weight is 248 g/mol. The van der Waals surface area contributed by atoms with Crippen LogP contribution in [0.15, 0.2) is 78.6 Å². The molecule has 0 aliphatic carbocycles. The van der Waals surface area contributed by atoms with E-state index in [1.807, 2.05) is 0 Å². The summed E-state index contributed by atoms with van der Waals surface area (Å²) in [5.41, 5.74) is 3.91. The molecule has 1 heterocycles. The largest absolute Gasteiger partial charge is 0.0672 e. The Bertz CT molecular complexity index is 572. The van der Waals surface area contributed by atoms with Gasteiger partial charge in [-0.25, -0.2) is 0 Å². The predicted molar refractivity (Wildman–Crippen MR) is 79.8 cm³/mol. The van der Waals surface area contributed by atoms with E-state index in [-0.39, 0.29) is 0 Å². The van der Waals surface area contributed by atoms with E-state index in [2.05, 4.69) is 78.6 Å². The molecule has 2 aromatic carbocycles. The van der Waals surface area contributed by atoms with E-state index in [9.17, 15) is 0 Å². The molecular formula is C17H13P. The van der Waals surface area contributed by atoms with Gasteiger partial charge in [0, 0.05) is 5.30 Å². The second-order valence-electron chi connectivity index (χ2n) is 4.13. The van der Waals surface area contributed by atoms with Crippen molar-refractivity contribution in [1.29, 1.82) is 0 Å². The van der Waals surface area contributed by atoms with Crippen molar-refractivity contribution in [2.24, 2.45) is 0 Å². The van der Waals surface area contributed by atoms with Crippen molar-refractivity contribution in [1.82, 2.24) is 0 Å². The lowest BCUT2D eigenvalue weighted by Crippen LogP contribution is -1.81. The number of rotatable bonds is 2. The van der Waals surface area contributed by atoms with Gasteiger partial charge in [-0.3, -0.25) is 0 Å². The first-order valence-corrected chi connectivity index (χ1v) is 6.97. The molecule has 0 N–H and O–H groups in total. The fourth-order valence-electron chi connectivity index (χ4n) is 2.08. The Hall–Kier alpha value is -1.91. The van der Waals surface area contributed by atoms with Crippen LogP contribution in [0.4, 0.5) is 0 Å². The Morgan fingerprint density at radius 1 is 0.556 bits per heavy atom. The summed E-state index contributed by atoms with van der Waals surface area (Å²) in [4.78, 5) is 0. The maximum Gasteiger partial charge on any atom is 0.0169 e. The van der Waals surface area contributed by atoms with Crippen LogP contribution in [0.5, 0.6) is 0 Å².